The lowest BCUT2D eigenvalue weighted by Gasteiger charge is -2.40. The van der Waals surface area contributed by atoms with Crippen LogP contribution in [0.1, 0.15) is 71.1 Å². The Labute approximate surface area is 178 Å². The van der Waals surface area contributed by atoms with Crippen LogP contribution in [0.5, 0.6) is 0 Å². The number of amides is 1. The number of carbonyl (C=O) groups excluding carboxylic acids is 1. The summed E-state index contributed by atoms with van der Waals surface area (Å²) in [6.07, 6.45) is 13.0. The molecule has 0 aromatic carbocycles. The molecule has 0 spiro atoms. The minimum Gasteiger partial charge on any atom is -0.341 e. The second kappa shape index (κ2) is 10.7. The number of piperidine rings is 2. The summed E-state index contributed by atoms with van der Waals surface area (Å²) in [5, 5.41) is 3.69. The lowest BCUT2D eigenvalue weighted by Crippen LogP contribution is -2.51. The van der Waals surface area contributed by atoms with Crippen molar-refractivity contribution < 1.29 is 4.79 Å². The van der Waals surface area contributed by atoms with E-state index in [1.807, 2.05) is 0 Å². The fourth-order valence-electron chi connectivity index (χ4n) is 5.91. The van der Waals surface area contributed by atoms with Gasteiger partial charge in [0.2, 0.25) is 5.91 Å². The fraction of sp³-hybridized carbons (Fsp3) is 0.952. The molecule has 6 heteroatoms. The topological polar surface area (TPSA) is 35.6 Å². The van der Waals surface area contributed by atoms with E-state index in [0.717, 1.165) is 31.5 Å². The van der Waals surface area contributed by atoms with Gasteiger partial charge in [-0.25, -0.2) is 0 Å². The average molecular weight is 420 g/mol. The number of nitrogens with zero attached hydrogens (tertiary/aromatic N) is 2. The number of hydrogen-bond acceptors (Lipinski definition) is 3. The summed E-state index contributed by atoms with van der Waals surface area (Å²) in [5.74, 6) is 1.85. The van der Waals surface area contributed by atoms with Gasteiger partial charge in [0.1, 0.15) is 0 Å². The highest BCUT2D eigenvalue weighted by atomic mass is 35.5. The van der Waals surface area contributed by atoms with Crippen LogP contribution in [0.4, 0.5) is 0 Å². The lowest BCUT2D eigenvalue weighted by atomic mass is 9.85. The van der Waals surface area contributed by atoms with Crippen molar-refractivity contribution in [3.63, 3.8) is 0 Å². The molecule has 4 aliphatic rings. The van der Waals surface area contributed by atoms with Crippen molar-refractivity contribution in [3.05, 3.63) is 0 Å². The van der Waals surface area contributed by atoms with Gasteiger partial charge in [0, 0.05) is 31.7 Å². The molecule has 27 heavy (non-hydrogen) atoms. The Morgan fingerprint density at radius 2 is 1.74 bits per heavy atom. The summed E-state index contributed by atoms with van der Waals surface area (Å²) in [7, 11) is 0. The minimum absolute atomic E-state index is 0. The molecular weight excluding hydrogens is 381 g/mol. The Morgan fingerprint density at radius 3 is 2.52 bits per heavy atom. The number of nitrogens with one attached hydrogen (secondary N) is 1. The van der Waals surface area contributed by atoms with Gasteiger partial charge in [-0.15, -0.1) is 24.8 Å². The second-order valence-corrected chi connectivity index (χ2v) is 9.24. The first kappa shape index (κ1) is 23.3. The number of carbonyl (C=O) groups is 1. The average Bonchev–Trinajstić information content (AvgIpc) is 3.07. The van der Waals surface area contributed by atoms with E-state index >= 15 is 0 Å². The molecular formula is C21H39Cl2N3O. The molecule has 3 aliphatic heterocycles. The number of fused-ring (bicyclic) bond motifs is 1. The third-order valence-electron chi connectivity index (χ3n) is 7.42. The van der Waals surface area contributed by atoms with Gasteiger partial charge in [0.25, 0.3) is 0 Å². The van der Waals surface area contributed by atoms with E-state index in [1.54, 1.807) is 0 Å². The fourth-order valence-corrected chi connectivity index (χ4v) is 5.91. The standard InChI is InChI=1S/C21H37N3O.2ClH/c1-16-7-4-5-11-23(16)14-17-8-6-12-24(15-17)21(25)20-13-18-9-2-3-10-19(18)22-20;;/h16-20,22H,2-15H2,1H3;2*1H. The number of halogens is 2. The molecule has 3 heterocycles. The predicted octanol–water partition coefficient (Wildman–Crippen LogP) is 3.86. The Balaban J connectivity index is 0.00000131. The maximum Gasteiger partial charge on any atom is 0.239 e. The molecule has 4 rings (SSSR count). The zero-order valence-corrected chi connectivity index (χ0v) is 18.5. The Kier molecular flexibility index (Phi) is 9.18. The first-order valence-electron chi connectivity index (χ1n) is 11.0. The number of rotatable bonds is 3. The minimum atomic E-state index is 0. The smallest absolute Gasteiger partial charge is 0.239 e. The highest BCUT2D eigenvalue weighted by molar-refractivity contribution is 5.85. The molecule has 158 valence electrons. The van der Waals surface area contributed by atoms with Crippen molar-refractivity contribution in [3.8, 4) is 0 Å². The molecule has 3 saturated heterocycles. The van der Waals surface area contributed by atoms with Gasteiger partial charge >= 0.3 is 0 Å². The van der Waals surface area contributed by atoms with E-state index in [1.165, 1.54) is 70.9 Å². The van der Waals surface area contributed by atoms with Crippen molar-refractivity contribution in [2.45, 2.75) is 89.3 Å². The SMILES string of the molecule is CC1CCCCN1CC1CCCN(C(=O)C2CC3CCCCC3N2)C1.Cl.Cl. The van der Waals surface area contributed by atoms with Crippen molar-refractivity contribution in [1.29, 1.82) is 0 Å². The summed E-state index contributed by atoms with van der Waals surface area (Å²) >= 11 is 0. The van der Waals surface area contributed by atoms with Crippen LogP contribution in [0.15, 0.2) is 0 Å². The zero-order valence-electron chi connectivity index (χ0n) is 16.9. The normalized spacial score (nSPS) is 37.1. The maximum absolute atomic E-state index is 13.1. The van der Waals surface area contributed by atoms with Crippen LogP contribution in [-0.2, 0) is 4.79 Å². The van der Waals surface area contributed by atoms with Crippen LogP contribution in [0.25, 0.3) is 0 Å². The largest absolute Gasteiger partial charge is 0.341 e. The van der Waals surface area contributed by atoms with Gasteiger partial charge < -0.3 is 15.1 Å². The van der Waals surface area contributed by atoms with Crippen molar-refractivity contribution in [2.75, 3.05) is 26.2 Å². The summed E-state index contributed by atoms with van der Waals surface area (Å²) in [4.78, 5) is 18.0. The summed E-state index contributed by atoms with van der Waals surface area (Å²) in [6, 6.07) is 1.47. The van der Waals surface area contributed by atoms with Crippen molar-refractivity contribution in [1.82, 2.24) is 15.1 Å². The first-order chi connectivity index (χ1) is 12.2. The summed E-state index contributed by atoms with van der Waals surface area (Å²) in [6.45, 7) is 6.83. The van der Waals surface area contributed by atoms with Gasteiger partial charge in [-0.05, 0) is 70.3 Å². The quantitative estimate of drug-likeness (QED) is 0.753. The molecule has 0 radical (unpaired) electrons. The van der Waals surface area contributed by atoms with E-state index in [2.05, 4.69) is 22.0 Å². The molecule has 1 amide bonds. The molecule has 4 nitrogen and oxygen atoms in total. The molecule has 1 N–H and O–H groups in total. The second-order valence-electron chi connectivity index (χ2n) is 9.24. The molecule has 1 saturated carbocycles. The van der Waals surface area contributed by atoms with E-state index in [-0.39, 0.29) is 30.9 Å². The van der Waals surface area contributed by atoms with Crippen LogP contribution >= 0.6 is 24.8 Å². The molecule has 0 bridgehead atoms. The van der Waals surface area contributed by atoms with Crippen LogP contribution < -0.4 is 5.32 Å². The summed E-state index contributed by atoms with van der Waals surface area (Å²) < 4.78 is 0. The maximum atomic E-state index is 13.1. The summed E-state index contributed by atoms with van der Waals surface area (Å²) in [5.41, 5.74) is 0. The van der Waals surface area contributed by atoms with E-state index in [9.17, 15) is 4.79 Å². The van der Waals surface area contributed by atoms with Gasteiger partial charge in [0.15, 0.2) is 0 Å². The van der Waals surface area contributed by atoms with Crippen LogP contribution in [0.2, 0.25) is 0 Å². The molecule has 1 aliphatic carbocycles. The third kappa shape index (κ3) is 5.52. The third-order valence-corrected chi connectivity index (χ3v) is 7.42. The molecule has 5 atom stereocenters. The number of likely N-dealkylation sites (tertiary alicyclic amines) is 2. The van der Waals surface area contributed by atoms with Gasteiger partial charge in [-0.3, -0.25) is 4.79 Å². The predicted molar refractivity (Wildman–Crippen MR) is 116 cm³/mol. The van der Waals surface area contributed by atoms with E-state index in [4.69, 9.17) is 0 Å². The molecule has 0 aromatic rings. The molecule has 0 aromatic heterocycles. The van der Waals surface area contributed by atoms with E-state index < -0.39 is 0 Å². The zero-order chi connectivity index (χ0) is 17.2. The molecule has 4 fully saturated rings. The van der Waals surface area contributed by atoms with Gasteiger partial charge in [0.05, 0.1) is 6.04 Å². The first-order valence-corrected chi connectivity index (χ1v) is 11.0. The highest BCUT2D eigenvalue weighted by Crippen LogP contribution is 2.34. The monoisotopic (exact) mass is 419 g/mol. The van der Waals surface area contributed by atoms with Gasteiger partial charge in [-0.1, -0.05) is 19.3 Å². The van der Waals surface area contributed by atoms with Gasteiger partial charge in [-0.2, -0.15) is 0 Å². The van der Waals surface area contributed by atoms with Crippen LogP contribution in [0.3, 0.4) is 0 Å². The van der Waals surface area contributed by atoms with Crippen LogP contribution in [0, 0.1) is 11.8 Å². The van der Waals surface area contributed by atoms with Crippen molar-refractivity contribution >= 4 is 30.7 Å². The van der Waals surface area contributed by atoms with Crippen LogP contribution in [-0.4, -0.2) is 60.0 Å². The lowest BCUT2D eigenvalue weighted by molar-refractivity contribution is -0.135. The Morgan fingerprint density at radius 1 is 0.963 bits per heavy atom. The Hall–Kier alpha value is -0.0300. The Bertz CT molecular complexity index is 464. The van der Waals surface area contributed by atoms with Crippen molar-refractivity contribution in [2.24, 2.45) is 11.8 Å². The molecule has 5 unspecified atom stereocenters. The van der Waals surface area contributed by atoms with E-state index in [0.29, 0.717) is 17.9 Å². The number of hydrogen-bond donors (Lipinski definition) is 1. The highest BCUT2D eigenvalue weighted by Gasteiger charge is 2.40.